The highest BCUT2D eigenvalue weighted by Gasteiger charge is 2.13. The van der Waals surface area contributed by atoms with Crippen molar-refractivity contribution < 1.29 is 13.8 Å². The van der Waals surface area contributed by atoms with Crippen LogP contribution in [0.2, 0.25) is 0 Å². The Morgan fingerprint density at radius 3 is 2.26 bits per heavy atom. The number of aryl methyl sites for hydroxylation is 1. The zero-order chi connectivity index (χ0) is 19.5. The molecule has 1 atom stereocenters. The van der Waals surface area contributed by atoms with Gasteiger partial charge in [0.15, 0.2) is 0 Å². The zero-order valence-corrected chi connectivity index (χ0v) is 17.0. The van der Waals surface area contributed by atoms with Crippen molar-refractivity contribution in [3.05, 3.63) is 29.8 Å². The van der Waals surface area contributed by atoms with Crippen molar-refractivity contribution >= 4 is 28.3 Å². The second-order valence-corrected chi connectivity index (χ2v) is 8.39. The summed E-state index contributed by atoms with van der Waals surface area (Å²) in [5.74, 6) is -0.907. The number of anilines is 1. The van der Waals surface area contributed by atoms with Gasteiger partial charge in [-0.1, -0.05) is 31.9 Å². The molecule has 1 aliphatic heterocycles. The summed E-state index contributed by atoms with van der Waals surface area (Å²) < 4.78 is 12.0. The molecule has 0 spiro atoms. The van der Waals surface area contributed by atoms with Gasteiger partial charge in [0.1, 0.15) is 11.5 Å². The second-order valence-electron chi connectivity index (χ2n) is 6.93. The first-order valence-corrected chi connectivity index (χ1v) is 11.3. The number of likely N-dealkylation sites (tertiary alicyclic amines) is 1. The van der Waals surface area contributed by atoms with Crippen LogP contribution in [0.5, 0.6) is 0 Å². The number of carbonyl (C=O) groups excluding carboxylic acids is 2. The molecule has 1 heterocycles. The first-order chi connectivity index (χ1) is 13.1. The van der Waals surface area contributed by atoms with Crippen LogP contribution in [0.1, 0.15) is 38.2 Å². The quantitative estimate of drug-likeness (QED) is 0.672. The molecule has 2 N–H and O–H groups in total. The molecule has 7 heteroatoms. The third kappa shape index (κ3) is 8.67. The number of carbonyl (C=O) groups is 2. The van der Waals surface area contributed by atoms with Crippen molar-refractivity contribution in [1.29, 1.82) is 0 Å². The van der Waals surface area contributed by atoms with E-state index in [0.717, 1.165) is 26.1 Å². The lowest BCUT2D eigenvalue weighted by Gasteiger charge is -2.19. The first-order valence-electron chi connectivity index (χ1n) is 9.79. The van der Waals surface area contributed by atoms with E-state index in [0.29, 0.717) is 12.2 Å². The topological polar surface area (TPSA) is 78.5 Å². The molecule has 0 saturated carbocycles. The molecule has 1 aromatic carbocycles. The van der Waals surface area contributed by atoms with E-state index in [1.54, 1.807) is 0 Å². The van der Waals surface area contributed by atoms with Crippen molar-refractivity contribution in [2.75, 3.05) is 43.0 Å². The number of nitrogens with one attached hydrogen (secondary N) is 2. The van der Waals surface area contributed by atoms with Gasteiger partial charge in [0.25, 0.3) is 0 Å². The highest BCUT2D eigenvalue weighted by molar-refractivity contribution is 7.86. The van der Waals surface area contributed by atoms with Gasteiger partial charge in [0, 0.05) is 29.6 Å². The van der Waals surface area contributed by atoms with Crippen LogP contribution in [0.4, 0.5) is 5.69 Å². The van der Waals surface area contributed by atoms with E-state index in [1.165, 1.54) is 31.2 Å². The molecular formula is C20H31N3O3S. The molecular weight excluding hydrogens is 362 g/mol. The van der Waals surface area contributed by atoms with E-state index in [4.69, 9.17) is 0 Å². The van der Waals surface area contributed by atoms with Crippen molar-refractivity contribution in [3.63, 3.8) is 0 Å². The molecule has 0 aliphatic carbocycles. The lowest BCUT2D eigenvalue weighted by Crippen LogP contribution is -2.37. The van der Waals surface area contributed by atoms with Crippen molar-refractivity contribution in [2.45, 2.75) is 39.0 Å². The molecule has 1 fully saturated rings. The van der Waals surface area contributed by atoms with Crippen LogP contribution < -0.4 is 10.6 Å². The summed E-state index contributed by atoms with van der Waals surface area (Å²) in [6, 6.07) is 7.55. The van der Waals surface area contributed by atoms with E-state index in [1.807, 2.05) is 24.3 Å². The molecule has 1 aromatic rings. The predicted octanol–water partition coefficient (Wildman–Crippen LogP) is 1.93. The van der Waals surface area contributed by atoms with Gasteiger partial charge >= 0.3 is 0 Å². The Kier molecular flexibility index (Phi) is 9.48. The van der Waals surface area contributed by atoms with Crippen LogP contribution in [0, 0.1) is 0 Å². The lowest BCUT2D eigenvalue weighted by molar-refractivity contribution is -0.118. The minimum atomic E-state index is -1.51. The summed E-state index contributed by atoms with van der Waals surface area (Å²) in [4.78, 5) is 26.3. The van der Waals surface area contributed by atoms with Crippen LogP contribution in [0.25, 0.3) is 0 Å². The van der Waals surface area contributed by atoms with Gasteiger partial charge < -0.3 is 15.5 Å². The van der Waals surface area contributed by atoms with E-state index < -0.39 is 10.8 Å². The Morgan fingerprint density at radius 2 is 1.63 bits per heavy atom. The lowest BCUT2D eigenvalue weighted by atomic mass is 10.1. The van der Waals surface area contributed by atoms with Crippen molar-refractivity contribution in [2.24, 2.45) is 0 Å². The Hall–Kier alpha value is -1.73. The first kappa shape index (κ1) is 21.6. The van der Waals surface area contributed by atoms with Gasteiger partial charge in [-0.3, -0.25) is 13.8 Å². The average Bonchev–Trinajstić information content (AvgIpc) is 2.91. The molecule has 27 heavy (non-hydrogen) atoms. The molecule has 6 nitrogen and oxygen atoms in total. The fourth-order valence-electron chi connectivity index (χ4n) is 3.13. The average molecular weight is 394 g/mol. The molecule has 0 bridgehead atoms. The third-order valence-electron chi connectivity index (χ3n) is 4.68. The number of amides is 2. The van der Waals surface area contributed by atoms with Crippen LogP contribution >= 0.6 is 0 Å². The Labute approximate surface area is 164 Å². The van der Waals surface area contributed by atoms with Gasteiger partial charge in [0.2, 0.25) is 11.8 Å². The number of hydrogen-bond acceptors (Lipinski definition) is 4. The Bertz CT molecular complexity index is 626. The maximum atomic E-state index is 12.0. The van der Waals surface area contributed by atoms with Crippen molar-refractivity contribution in [3.8, 4) is 0 Å². The van der Waals surface area contributed by atoms with Gasteiger partial charge in [-0.2, -0.15) is 0 Å². The molecule has 2 amide bonds. The molecule has 150 valence electrons. The molecule has 0 radical (unpaired) electrons. The SMILES string of the molecule is CCc1ccc(NC(=O)CS(=O)CC(=O)NCCN2CCCCCC2)cc1. The van der Waals surface area contributed by atoms with Gasteiger partial charge in [-0.25, -0.2) is 0 Å². The fraction of sp³-hybridized carbons (Fsp3) is 0.600. The summed E-state index contributed by atoms with van der Waals surface area (Å²) >= 11 is 0. The predicted molar refractivity (Wildman–Crippen MR) is 110 cm³/mol. The van der Waals surface area contributed by atoms with Gasteiger partial charge in [0.05, 0.1) is 0 Å². The maximum absolute atomic E-state index is 12.0. The molecule has 2 rings (SSSR count). The number of benzene rings is 1. The molecule has 1 saturated heterocycles. The minimum absolute atomic E-state index is 0.137. The van der Waals surface area contributed by atoms with Gasteiger partial charge in [-0.15, -0.1) is 0 Å². The molecule has 0 aromatic heterocycles. The fourth-order valence-corrected chi connectivity index (χ4v) is 3.99. The summed E-state index contributed by atoms with van der Waals surface area (Å²) in [7, 11) is -1.51. The number of rotatable bonds is 9. The summed E-state index contributed by atoms with van der Waals surface area (Å²) in [6.45, 7) is 5.62. The van der Waals surface area contributed by atoms with E-state index >= 15 is 0 Å². The van der Waals surface area contributed by atoms with E-state index in [-0.39, 0.29) is 23.3 Å². The Balaban J connectivity index is 1.63. The normalized spacial score (nSPS) is 16.3. The monoisotopic (exact) mass is 393 g/mol. The smallest absolute Gasteiger partial charge is 0.237 e. The Morgan fingerprint density at radius 1 is 1.00 bits per heavy atom. The third-order valence-corrected chi connectivity index (χ3v) is 5.85. The number of nitrogens with zero attached hydrogens (tertiary/aromatic N) is 1. The summed E-state index contributed by atoms with van der Waals surface area (Å²) in [5, 5.41) is 5.53. The maximum Gasteiger partial charge on any atom is 0.237 e. The van der Waals surface area contributed by atoms with Crippen LogP contribution in [0.15, 0.2) is 24.3 Å². The highest BCUT2D eigenvalue weighted by Crippen LogP contribution is 2.10. The molecule has 1 aliphatic rings. The van der Waals surface area contributed by atoms with E-state index in [2.05, 4.69) is 22.5 Å². The highest BCUT2D eigenvalue weighted by atomic mass is 32.2. The van der Waals surface area contributed by atoms with Crippen molar-refractivity contribution in [1.82, 2.24) is 10.2 Å². The van der Waals surface area contributed by atoms with Crippen LogP contribution in [-0.2, 0) is 26.8 Å². The summed E-state index contributed by atoms with van der Waals surface area (Å²) in [5.41, 5.74) is 1.87. The second kappa shape index (κ2) is 11.9. The largest absolute Gasteiger partial charge is 0.354 e. The van der Waals surface area contributed by atoms with Crippen LogP contribution in [0.3, 0.4) is 0 Å². The minimum Gasteiger partial charge on any atom is -0.354 e. The van der Waals surface area contributed by atoms with Crippen LogP contribution in [-0.4, -0.2) is 58.6 Å². The zero-order valence-electron chi connectivity index (χ0n) is 16.2. The van der Waals surface area contributed by atoms with E-state index in [9.17, 15) is 13.8 Å². The number of hydrogen-bond donors (Lipinski definition) is 2. The molecule has 1 unspecified atom stereocenters. The summed E-state index contributed by atoms with van der Waals surface area (Å²) in [6.07, 6.45) is 5.94. The van der Waals surface area contributed by atoms with Gasteiger partial charge in [-0.05, 0) is 50.0 Å². The standard InChI is InChI=1S/C20H31N3O3S/c1-2-17-7-9-18(10-8-17)22-20(25)16-27(26)15-19(24)21-11-14-23-12-5-3-4-6-13-23/h7-10H,2-6,11-16H2,1H3,(H,21,24)(H,22,25).